The van der Waals surface area contributed by atoms with E-state index >= 15 is 0 Å². The summed E-state index contributed by atoms with van der Waals surface area (Å²) in [6.07, 6.45) is 0. The van der Waals surface area contributed by atoms with Crippen molar-refractivity contribution < 1.29 is 4.79 Å². The van der Waals surface area contributed by atoms with E-state index in [1.54, 1.807) is 17.5 Å². The Kier molecular flexibility index (Phi) is 6.66. The van der Waals surface area contributed by atoms with Crippen LogP contribution in [0.2, 0.25) is 0 Å². The molecule has 138 valence electrons. The molecule has 0 aliphatic heterocycles. The number of hydrogen-bond donors (Lipinski definition) is 4. The molecule has 0 aliphatic carbocycles. The summed E-state index contributed by atoms with van der Waals surface area (Å²) < 4.78 is 3.67. The van der Waals surface area contributed by atoms with Gasteiger partial charge in [-0.1, -0.05) is 22.7 Å². The highest BCUT2D eigenvalue weighted by Crippen LogP contribution is 2.14. The van der Waals surface area contributed by atoms with Gasteiger partial charge in [0.2, 0.25) is 0 Å². The first-order valence-corrected chi connectivity index (χ1v) is 9.47. The van der Waals surface area contributed by atoms with Crippen LogP contribution in [0, 0.1) is 0 Å². The molecule has 3 aromatic rings. The first kappa shape index (κ1) is 18.7. The lowest BCUT2D eigenvalue weighted by atomic mass is 10.2. The van der Waals surface area contributed by atoms with Crippen molar-refractivity contribution in [3.8, 4) is 0 Å². The number of hydrogen-bond acceptors (Lipinski definition) is 6. The predicted molar refractivity (Wildman–Crippen MR) is 113 cm³/mol. The van der Waals surface area contributed by atoms with Crippen LogP contribution in [0.4, 0.5) is 17.1 Å². The van der Waals surface area contributed by atoms with Crippen LogP contribution >= 0.6 is 23.8 Å². The summed E-state index contributed by atoms with van der Waals surface area (Å²) in [5.41, 5.74) is 2.88. The van der Waals surface area contributed by atoms with Crippen molar-refractivity contribution in [2.24, 2.45) is 0 Å². The molecule has 0 saturated heterocycles. The summed E-state index contributed by atoms with van der Waals surface area (Å²) in [5, 5.41) is 18.2. The van der Waals surface area contributed by atoms with Gasteiger partial charge in [0.25, 0.3) is 5.91 Å². The lowest BCUT2D eigenvalue weighted by Gasteiger charge is -2.12. The van der Waals surface area contributed by atoms with Crippen molar-refractivity contribution in [1.82, 2.24) is 14.9 Å². The molecule has 1 amide bonds. The molecule has 1 heterocycles. The number of thiocarbonyl (C=S) groups is 1. The Labute approximate surface area is 166 Å². The van der Waals surface area contributed by atoms with Crippen molar-refractivity contribution in [1.29, 1.82) is 0 Å². The summed E-state index contributed by atoms with van der Waals surface area (Å²) in [6.45, 7) is 1.44. The zero-order valence-electron chi connectivity index (χ0n) is 14.3. The summed E-state index contributed by atoms with van der Waals surface area (Å²) in [7, 11) is 0. The minimum absolute atomic E-state index is 0.285. The zero-order chi connectivity index (χ0) is 18.9. The van der Waals surface area contributed by atoms with E-state index < -0.39 is 0 Å². The average Bonchev–Trinajstić information content (AvgIpc) is 3.23. The lowest BCUT2D eigenvalue weighted by Crippen LogP contribution is -2.32. The monoisotopic (exact) mass is 398 g/mol. The molecular formula is C18H18N6OS2. The summed E-state index contributed by atoms with van der Waals surface area (Å²) in [6, 6.07) is 17.2. The number of benzene rings is 2. The molecule has 0 bridgehead atoms. The second-order valence-corrected chi connectivity index (χ2v) is 6.51. The van der Waals surface area contributed by atoms with Crippen molar-refractivity contribution in [3.05, 3.63) is 65.7 Å². The van der Waals surface area contributed by atoms with E-state index in [4.69, 9.17) is 12.2 Å². The Morgan fingerprint density at radius 3 is 2.30 bits per heavy atom. The first-order chi connectivity index (χ1) is 13.2. The van der Waals surface area contributed by atoms with Crippen LogP contribution in [0.25, 0.3) is 0 Å². The Bertz CT molecular complexity index is 869. The molecule has 2 aromatic carbocycles. The molecule has 1 aromatic heterocycles. The number of nitrogens with zero attached hydrogens (tertiary/aromatic N) is 2. The minimum Gasteiger partial charge on any atom is -0.383 e. The summed E-state index contributed by atoms with van der Waals surface area (Å²) in [5.74, 6) is -0.285. The first-order valence-electron chi connectivity index (χ1n) is 8.23. The number of carbonyl (C=O) groups is 1. The minimum atomic E-state index is -0.285. The average molecular weight is 399 g/mol. The topological polar surface area (TPSA) is 91.0 Å². The van der Waals surface area contributed by atoms with Gasteiger partial charge in [0.05, 0.1) is 0 Å². The van der Waals surface area contributed by atoms with E-state index in [2.05, 4.69) is 30.9 Å². The van der Waals surface area contributed by atoms with Gasteiger partial charge in [-0.3, -0.25) is 4.79 Å². The van der Waals surface area contributed by atoms with E-state index in [0.29, 0.717) is 23.0 Å². The van der Waals surface area contributed by atoms with Gasteiger partial charge < -0.3 is 21.3 Å². The third-order valence-electron chi connectivity index (χ3n) is 3.51. The van der Waals surface area contributed by atoms with Crippen molar-refractivity contribution in [2.45, 2.75) is 0 Å². The van der Waals surface area contributed by atoms with Crippen molar-refractivity contribution in [3.63, 3.8) is 0 Å². The fraction of sp³-hybridized carbons (Fsp3) is 0.111. The number of anilines is 3. The molecule has 27 heavy (non-hydrogen) atoms. The number of amides is 1. The molecule has 0 spiro atoms. The zero-order valence-corrected chi connectivity index (χ0v) is 15.9. The molecule has 9 heteroatoms. The molecule has 0 unspecified atom stereocenters. The Balaban J connectivity index is 1.39. The predicted octanol–water partition coefficient (Wildman–Crippen LogP) is 3.19. The molecule has 0 saturated carbocycles. The maximum atomic E-state index is 11.9. The van der Waals surface area contributed by atoms with Crippen molar-refractivity contribution >= 4 is 51.8 Å². The molecule has 0 fully saturated rings. The van der Waals surface area contributed by atoms with E-state index in [9.17, 15) is 4.79 Å². The van der Waals surface area contributed by atoms with Gasteiger partial charge in [0.15, 0.2) is 10.8 Å². The van der Waals surface area contributed by atoms with Gasteiger partial charge in [-0.25, -0.2) is 0 Å². The Morgan fingerprint density at radius 2 is 1.63 bits per heavy atom. The fourth-order valence-electron chi connectivity index (χ4n) is 2.21. The quantitative estimate of drug-likeness (QED) is 0.359. The second-order valence-electron chi connectivity index (χ2n) is 5.50. The lowest BCUT2D eigenvalue weighted by molar-refractivity contribution is 0.102. The van der Waals surface area contributed by atoms with Crippen molar-refractivity contribution in [2.75, 3.05) is 29.0 Å². The summed E-state index contributed by atoms with van der Waals surface area (Å²) in [4.78, 5) is 11.9. The molecule has 3 rings (SSSR count). The standard InChI is InChI=1S/C18H18N6OS2/c25-17(16-12-27-24-23-16)21-14-6-8-15(9-7-14)22-18(26)20-11-10-19-13-4-2-1-3-5-13/h1-9,12,19H,10-11H2,(H,21,25)(H2,20,22,26). The largest absolute Gasteiger partial charge is 0.383 e. The number of nitrogens with one attached hydrogen (secondary N) is 4. The molecular weight excluding hydrogens is 380 g/mol. The molecule has 4 N–H and O–H groups in total. The molecule has 0 aliphatic rings. The normalized spacial score (nSPS) is 10.1. The van der Waals surface area contributed by atoms with Crippen LogP contribution in [0.3, 0.4) is 0 Å². The second kappa shape index (κ2) is 9.60. The van der Waals surface area contributed by atoms with Gasteiger partial charge in [-0.2, -0.15) is 0 Å². The van der Waals surface area contributed by atoms with Gasteiger partial charge >= 0.3 is 0 Å². The van der Waals surface area contributed by atoms with Crippen LogP contribution in [0.5, 0.6) is 0 Å². The van der Waals surface area contributed by atoms with Crippen LogP contribution in [-0.2, 0) is 0 Å². The van der Waals surface area contributed by atoms with E-state index in [1.807, 2.05) is 42.5 Å². The van der Waals surface area contributed by atoms with Crippen LogP contribution in [0.1, 0.15) is 10.5 Å². The van der Waals surface area contributed by atoms with Crippen LogP contribution in [-0.4, -0.2) is 33.7 Å². The van der Waals surface area contributed by atoms with Gasteiger partial charge in [-0.05, 0) is 60.1 Å². The van der Waals surface area contributed by atoms with Crippen LogP contribution in [0.15, 0.2) is 60.0 Å². The number of aromatic nitrogens is 2. The van der Waals surface area contributed by atoms with Gasteiger partial charge in [-0.15, -0.1) is 5.10 Å². The Morgan fingerprint density at radius 1 is 0.926 bits per heavy atom. The van der Waals surface area contributed by atoms with E-state index in [1.165, 1.54) is 0 Å². The van der Waals surface area contributed by atoms with Gasteiger partial charge in [0.1, 0.15) is 0 Å². The smallest absolute Gasteiger partial charge is 0.277 e. The van der Waals surface area contributed by atoms with Crippen LogP contribution < -0.4 is 21.3 Å². The van der Waals surface area contributed by atoms with E-state index in [-0.39, 0.29) is 5.91 Å². The number of para-hydroxylation sites is 1. The highest BCUT2D eigenvalue weighted by atomic mass is 32.1. The van der Waals surface area contributed by atoms with Gasteiger partial charge in [0, 0.05) is 35.5 Å². The molecule has 7 nitrogen and oxygen atoms in total. The third-order valence-corrected chi connectivity index (χ3v) is 4.26. The maximum absolute atomic E-state index is 11.9. The third kappa shape index (κ3) is 6.01. The number of rotatable bonds is 7. The fourth-order valence-corrected chi connectivity index (χ4v) is 2.87. The highest BCUT2D eigenvalue weighted by Gasteiger charge is 2.08. The van der Waals surface area contributed by atoms with E-state index in [0.717, 1.165) is 29.5 Å². The summed E-state index contributed by atoms with van der Waals surface area (Å²) >= 11 is 6.43. The number of carbonyl (C=O) groups excluding carboxylic acids is 1. The Hall–Kier alpha value is -3.04. The molecule has 0 atom stereocenters. The highest BCUT2D eigenvalue weighted by molar-refractivity contribution is 7.80. The SMILES string of the molecule is O=C(Nc1ccc(NC(=S)NCCNc2ccccc2)cc1)c1csnn1. The molecule has 0 radical (unpaired) electrons. The maximum Gasteiger partial charge on any atom is 0.277 e.